The van der Waals surface area contributed by atoms with Crippen LogP contribution in [0.1, 0.15) is 0 Å². The zero-order valence-corrected chi connectivity index (χ0v) is 22.7. The Morgan fingerprint density at radius 2 is 1.56 bits per heavy atom. The first-order valence-corrected chi connectivity index (χ1v) is 13.8. The number of aromatic nitrogens is 4. The summed E-state index contributed by atoms with van der Waals surface area (Å²) in [6, 6.07) is 7.24. The number of fused-ring (bicyclic) bond motifs is 1. The maximum atomic E-state index is 12.8. The second-order valence-corrected chi connectivity index (χ2v) is 11.6. The van der Waals surface area contributed by atoms with Crippen molar-refractivity contribution in [1.82, 2.24) is 28.5 Å². The summed E-state index contributed by atoms with van der Waals surface area (Å²) in [5, 5.41) is 21.1. The molecule has 11 nitrogen and oxygen atoms in total. The molecule has 0 amide bonds. The van der Waals surface area contributed by atoms with Crippen molar-refractivity contribution in [2.24, 2.45) is 14.1 Å². The second-order valence-electron chi connectivity index (χ2n) is 9.16. The molecule has 1 fully saturated rings. The minimum atomic E-state index is -1.28. The molecule has 1 saturated heterocycles. The molecule has 0 saturated carbocycles. The number of benzene rings is 1. The number of rotatable bonds is 9. The third-order valence-electron chi connectivity index (χ3n) is 6.42. The van der Waals surface area contributed by atoms with E-state index in [0.717, 1.165) is 9.04 Å². The molecule has 13 heteroatoms. The lowest BCUT2D eigenvalue weighted by Crippen LogP contribution is -2.51. The fourth-order valence-electron chi connectivity index (χ4n) is 4.49. The van der Waals surface area contributed by atoms with Gasteiger partial charge in [0.05, 0.1) is 41.6 Å². The lowest BCUT2D eigenvalue weighted by Gasteiger charge is -2.36. The normalized spacial score (nSPS) is 17.9. The highest BCUT2D eigenvalue weighted by molar-refractivity contribution is 9.10. The van der Waals surface area contributed by atoms with Crippen LogP contribution >= 0.6 is 15.9 Å². The summed E-state index contributed by atoms with van der Waals surface area (Å²) in [6.07, 6.45) is -0.121. The van der Waals surface area contributed by atoms with Crippen molar-refractivity contribution in [3.05, 3.63) is 55.9 Å². The first-order valence-electron chi connectivity index (χ1n) is 11.7. The van der Waals surface area contributed by atoms with Crippen molar-refractivity contribution in [3.8, 4) is 0 Å². The van der Waals surface area contributed by atoms with E-state index in [1.807, 2.05) is 12.1 Å². The molecule has 3 heterocycles. The summed E-state index contributed by atoms with van der Waals surface area (Å²) in [5.41, 5.74) is -0.342. The lowest BCUT2D eigenvalue weighted by atomic mass is 10.2. The topological polar surface area (TPSA) is 126 Å². The van der Waals surface area contributed by atoms with Gasteiger partial charge >= 0.3 is 5.69 Å². The van der Waals surface area contributed by atoms with Crippen LogP contribution in [0.15, 0.2) is 49.6 Å². The Morgan fingerprint density at radius 1 is 0.972 bits per heavy atom. The monoisotopic (exact) mass is 582 g/mol. The molecule has 1 aliphatic rings. The third kappa shape index (κ3) is 6.03. The van der Waals surface area contributed by atoms with Gasteiger partial charge in [0.25, 0.3) is 5.56 Å². The molecule has 0 bridgehead atoms. The molecule has 1 aliphatic heterocycles. The fraction of sp³-hybridized carbons (Fsp3) is 0.522. The van der Waals surface area contributed by atoms with Gasteiger partial charge in [0.1, 0.15) is 0 Å². The van der Waals surface area contributed by atoms with Crippen LogP contribution < -0.4 is 11.2 Å². The van der Waals surface area contributed by atoms with Gasteiger partial charge in [-0.25, -0.2) is 9.78 Å². The van der Waals surface area contributed by atoms with Crippen LogP contribution in [-0.2, 0) is 31.4 Å². The van der Waals surface area contributed by atoms with Crippen molar-refractivity contribution in [3.63, 3.8) is 0 Å². The number of hydrogen-bond acceptors (Lipinski definition) is 8. The van der Waals surface area contributed by atoms with Crippen molar-refractivity contribution in [1.29, 1.82) is 0 Å². The van der Waals surface area contributed by atoms with E-state index in [1.165, 1.54) is 10.9 Å². The molecule has 196 valence electrons. The molecule has 3 unspecified atom stereocenters. The van der Waals surface area contributed by atoms with Crippen LogP contribution in [0.2, 0.25) is 0 Å². The van der Waals surface area contributed by atoms with Gasteiger partial charge in [0.15, 0.2) is 11.2 Å². The number of imidazole rings is 1. The molecule has 1 aromatic carbocycles. The predicted molar refractivity (Wildman–Crippen MR) is 141 cm³/mol. The quantitative estimate of drug-likeness (QED) is 0.341. The van der Waals surface area contributed by atoms with Gasteiger partial charge in [-0.1, -0.05) is 15.9 Å². The number of halogens is 1. The van der Waals surface area contributed by atoms with Crippen molar-refractivity contribution < 1.29 is 14.4 Å². The number of piperazine rings is 1. The summed E-state index contributed by atoms with van der Waals surface area (Å²) >= 11 is 3.36. The standard InChI is InChI=1S/C23H31BrN6O5S/c1-26-15-25-21-20(26)22(33)30(23(34)27(21)2)13-17(31)11-28-7-9-29(10-8-28)12-18(32)14-36(35)19-5-3-16(24)4-6-19/h3-6,15,17-18,31-32H,7-14H2,1-2H3. The highest BCUT2D eigenvalue weighted by Gasteiger charge is 2.23. The Bertz CT molecular complexity index is 1350. The SMILES string of the molecule is Cn1cnc2c1c(=O)n(CC(O)CN1CCN(CC(O)CS(=O)c3ccc(Br)cc3)CC1)c(=O)n2C. The van der Waals surface area contributed by atoms with E-state index in [1.54, 1.807) is 30.8 Å². The zero-order valence-electron chi connectivity index (χ0n) is 20.3. The van der Waals surface area contributed by atoms with Gasteiger partial charge in [0, 0.05) is 62.7 Å². The van der Waals surface area contributed by atoms with Crippen LogP contribution in [0.4, 0.5) is 0 Å². The molecule has 2 aromatic heterocycles. The zero-order chi connectivity index (χ0) is 26.0. The van der Waals surface area contributed by atoms with E-state index in [9.17, 15) is 24.0 Å². The molecule has 4 rings (SSSR count). The number of hydrogen-bond donors (Lipinski definition) is 2. The Balaban J connectivity index is 1.27. The Hall–Kier alpha value is -2.16. The molecule has 3 atom stereocenters. The summed E-state index contributed by atoms with van der Waals surface area (Å²) in [4.78, 5) is 34.5. The Labute approximate surface area is 219 Å². The van der Waals surface area contributed by atoms with Crippen LogP contribution in [0, 0.1) is 0 Å². The Morgan fingerprint density at radius 3 is 2.17 bits per heavy atom. The van der Waals surface area contributed by atoms with Crippen molar-refractivity contribution >= 4 is 37.9 Å². The maximum Gasteiger partial charge on any atom is 0.332 e. The van der Waals surface area contributed by atoms with E-state index in [-0.39, 0.29) is 12.3 Å². The predicted octanol–water partition coefficient (Wildman–Crippen LogP) is -0.657. The summed E-state index contributed by atoms with van der Waals surface area (Å²) in [7, 11) is 1.97. The van der Waals surface area contributed by atoms with Crippen LogP contribution in [-0.4, -0.2) is 100 Å². The average Bonchev–Trinajstić information content (AvgIpc) is 3.23. The number of nitrogens with zero attached hydrogens (tertiary/aromatic N) is 6. The van der Waals surface area contributed by atoms with Gasteiger partial charge in [0.2, 0.25) is 0 Å². The summed E-state index contributed by atoms with van der Waals surface area (Å²) in [6.45, 7) is 3.38. The third-order valence-corrected chi connectivity index (χ3v) is 8.43. The second kappa shape index (κ2) is 11.5. The highest BCUT2D eigenvalue weighted by atomic mass is 79.9. The van der Waals surface area contributed by atoms with E-state index in [0.29, 0.717) is 55.3 Å². The first kappa shape index (κ1) is 26.9. The van der Waals surface area contributed by atoms with E-state index in [4.69, 9.17) is 0 Å². The van der Waals surface area contributed by atoms with Gasteiger partial charge in [-0.2, -0.15) is 0 Å². The molecular weight excluding hydrogens is 552 g/mol. The molecular formula is C23H31BrN6O5S. The number of aliphatic hydroxyl groups is 2. The van der Waals surface area contributed by atoms with E-state index >= 15 is 0 Å². The lowest BCUT2D eigenvalue weighted by molar-refractivity contribution is 0.0476. The molecule has 36 heavy (non-hydrogen) atoms. The molecule has 2 N–H and O–H groups in total. The highest BCUT2D eigenvalue weighted by Crippen LogP contribution is 2.14. The maximum absolute atomic E-state index is 12.8. The van der Waals surface area contributed by atoms with Crippen LogP contribution in [0.5, 0.6) is 0 Å². The van der Waals surface area contributed by atoms with E-state index < -0.39 is 34.3 Å². The van der Waals surface area contributed by atoms with Gasteiger partial charge in [-0.15, -0.1) is 0 Å². The number of aliphatic hydroxyl groups excluding tert-OH is 2. The van der Waals surface area contributed by atoms with Gasteiger partial charge < -0.3 is 14.8 Å². The fourth-order valence-corrected chi connectivity index (χ4v) is 5.84. The van der Waals surface area contributed by atoms with Crippen molar-refractivity contribution in [2.75, 3.05) is 45.0 Å². The largest absolute Gasteiger partial charge is 0.391 e. The molecule has 0 spiro atoms. The first-order chi connectivity index (χ1) is 17.1. The summed E-state index contributed by atoms with van der Waals surface area (Å²) < 4.78 is 17.4. The van der Waals surface area contributed by atoms with Gasteiger partial charge in [-0.3, -0.25) is 27.9 Å². The van der Waals surface area contributed by atoms with Gasteiger partial charge in [-0.05, 0) is 24.3 Å². The van der Waals surface area contributed by atoms with Crippen LogP contribution in [0.25, 0.3) is 11.2 Å². The van der Waals surface area contributed by atoms with E-state index in [2.05, 4.69) is 30.7 Å². The number of aryl methyl sites for hydroxylation is 2. The molecule has 0 radical (unpaired) electrons. The molecule has 3 aromatic rings. The molecule has 0 aliphatic carbocycles. The Kier molecular flexibility index (Phi) is 8.58. The smallest absolute Gasteiger partial charge is 0.332 e. The minimum absolute atomic E-state index is 0.104. The van der Waals surface area contributed by atoms with Crippen molar-refractivity contribution in [2.45, 2.75) is 23.6 Å². The average molecular weight is 584 g/mol. The number of β-amino-alcohol motifs (C(OH)–C–C–N with tert-alkyl or cyclic N) is 2. The van der Waals surface area contributed by atoms with Crippen LogP contribution in [0.3, 0.4) is 0 Å². The summed E-state index contributed by atoms with van der Waals surface area (Å²) in [5.74, 6) is 0.172. The minimum Gasteiger partial charge on any atom is -0.391 e.